The molecule has 0 spiro atoms. The van der Waals surface area contributed by atoms with Gasteiger partial charge in [-0.05, 0) is 24.1 Å². The lowest BCUT2D eigenvalue weighted by molar-refractivity contribution is 0.414. The van der Waals surface area contributed by atoms with Crippen LogP contribution in [0.15, 0.2) is 30.5 Å². The van der Waals surface area contributed by atoms with Crippen molar-refractivity contribution in [2.75, 3.05) is 19.0 Å². The van der Waals surface area contributed by atoms with Gasteiger partial charge in [0.2, 0.25) is 0 Å². The molecule has 0 aliphatic heterocycles. The first kappa shape index (κ1) is 12.4. The number of nitrogens with zero attached hydrogens (tertiary/aromatic N) is 2. The van der Waals surface area contributed by atoms with E-state index in [1.165, 1.54) is 16.9 Å². The van der Waals surface area contributed by atoms with Crippen LogP contribution in [0.4, 0.5) is 5.13 Å². The number of nitriles is 1. The Labute approximate surface area is 110 Å². The fourth-order valence-corrected chi connectivity index (χ4v) is 2.19. The van der Waals surface area contributed by atoms with Crippen LogP contribution >= 0.6 is 11.3 Å². The number of thiazole rings is 1. The molecule has 0 bridgehead atoms. The maximum absolute atomic E-state index is 8.69. The normalized spacial score (nSPS) is 9.78. The van der Waals surface area contributed by atoms with Crippen molar-refractivity contribution < 1.29 is 4.74 Å². The standard InChI is InChI=1S/C13H13N3OS/c1-17-11-4-2-3-10(7-11)5-6-15-13-16-9-12(8-14)18-13/h2-4,7,9H,5-6H2,1H3,(H,15,16). The summed E-state index contributed by atoms with van der Waals surface area (Å²) in [7, 11) is 1.66. The molecule has 0 aliphatic carbocycles. The maximum atomic E-state index is 8.69. The van der Waals surface area contributed by atoms with E-state index in [-0.39, 0.29) is 0 Å². The third-order valence-electron chi connectivity index (χ3n) is 2.44. The number of benzene rings is 1. The first-order valence-electron chi connectivity index (χ1n) is 5.54. The molecular formula is C13H13N3OS. The molecule has 0 saturated carbocycles. The lowest BCUT2D eigenvalue weighted by atomic mass is 10.1. The number of hydrogen-bond acceptors (Lipinski definition) is 5. The zero-order valence-corrected chi connectivity index (χ0v) is 10.8. The van der Waals surface area contributed by atoms with Gasteiger partial charge in [0, 0.05) is 6.54 Å². The molecule has 0 radical (unpaired) electrons. The van der Waals surface area contributed by atoms with Crippen LogP contribution in [0.5, 0.6) is 5.75 Å². The van der Waals surface area contributed by atoms with Crippen LogP contribution in [-0.4, -0.2) is 18.6 Å². The van der Waals surface area contributed by atoms with E-state index in [1.54, 1.807) is 13.3 Å². The van der Waals surface area contributed by atoms with E-state index < -0.39 is 0 Å². The van der Waals surface area contributed by atoms with E-state index in [2.05, 4.69) is 22.4 Å². The summed E-state index contributed by atoms with van der Waals surface area (Å²) < 4.78 is 5.17. The summed E-state index contributed by atoms with van der Waals surface area (Å²) in [6.45, 7) is 0.783. The predicted octanol–water partition coefficient (Wildman–Crippen LogP) is 2.68. The molecule has 1 heterocycles. The molecule has 1 aromatic carbocycles. The summed E-state index contributed by atoms with van der Waals surface area (Å²) in [5.74, 6) is 0.869. The van der Waals surface area contributed by atoms with Crippen molar-refractivity contribution >= 4 is 16.5 Å². The minimum absolute atomic E-state index is 0.624. The quantitative estimate of drug-likeness (QED) is 0.897. The van der Waals surface area contributed by atoms with Crippen LogP contribution < -0.4 is 10.1 Å². The number of ether oxygens (including phenoxy) is 1. The average Bonchev–Trinajstić information content (AvgIpc) is 2.87. The van der Waals surface area contributed by atoms with E-state index in [1.807, 2.05) is 18.2 Å². The van der Waals surface area contributed by atoms with Crippen molar-refractivity contribution in [1.82, 2.24) is 4.98 Å². The SMILES string of the molecule is COc1cccc(CCNc2ncc(C#N)s2)c1. The summed E-state index contributed by atoms with van der Waals surface area (Å²) in [6, 6.07) is 10.1. The molecule has 2 aromatic rings. The Morgan fingerprint density at radius 2 is 2.39 bits per heavy atom. The van der Waals surface area contributed by atoms with Crippen molar-refractivity contribution in [2.24, 2.45) is 0 Å². The van der Waals surface area contributed by atoms with E-state index in [9.17, 15) is 0 Å². The zero-order chi connectivity index (χ0) is 12.8. The largest absolute Gasteiger partial charge is 0.497 e. The van der Waals surface area contributed by atoms with Gasteiger partial charge >= 0.3 is 0 Å². The highest BCUT2D eigenvalue weighted by Gasteiger charge is 2.00. The summed E-state index contributed by atoms with van der Waals surface area (Å²) in [5, 5.41) is 12.7. The molecule has 0 aliphatic rings. The van der Waals surface area contributed by atoms with E-state index in [0.717, 1.165) is 23.8 Å². The van der Waals surface area contributed by atoms with Gasteiger partial charge in [0.05, 0.1) is 13.3 Å². The molecule has 0 saturated heterocycles. The number of anilines is 1. The maximum Gasteiger partial charge on any atom is 0.183 e. The summed E-state index contributed by atoms with van der Waals surface area (Å²) in [6.07, 6.45) is 2.47. The van der Waals surface area contributed by atoms with Gasteiger partial charge in [-0.2, -0.15) is 5.26 Å². The Balaban J connectivity index is 1.86. The van der Waals surface area contributed by atoms with Gasteiger partial charge in [0.1, 0.15) is 16.7 Å². The zero-order valence-electron chi connectivity index (χ0n) is 10.0. The molecule has 0 fully saturated rings. The van der Waals surface area contributed by atoms with E-state index in [4.69, 9.17) is 10.00 Å². The monoisotopic (exact) mass is 259 g/mol. The number of nitrogens with one attached hydrogen (secondary N) is 1. The Bertz CT molecular complexity index is 559. The second kappa shape index (κ2) is 6.03. The van der Waals surface area contributed by atoms with Gasteiger partial charge < -0.3 is 10.1 Å². The number of aromatic nitrogens is 1. The summed E-state index contributed by atoms with van der Waals surface area (Å²) in [4.78, 5) is 4.74. The first-order valence-corrected chi connectivity index (χ1v) is 6.36. The van der Waals surface area contributed by atoms with Crippen molar-refractivity contribution in [3.05, 3.63) is 40.9 Å². The molecule has 1 aromatic heterocycles. The van der Waals surface area contributed by atoms with Gasteiger partial charge in [-0.25, -0.2) is 4.98 Å². The fourth-order valence-electron chi connectivity index (χ4n) is 1.55. The molecule has 5 heteroatoms. The summed E-state index contributed by atoms with van der Waals surface area (Å²) in [5.41, 5.74) is 1.21. The highest BCUT2D eigenvalue weighted by molar-refractivity contribution is 7.16. The van der Waals surface area contributed by atoms with Crippen LogP contribution in [0, 0.1) is 11.3 Å². The van der Waals surface area contributed by atoms with Gasteiger partial charge in [0.15, 0.2) is 5.13 Å². The van der Waals surface area contributed by atoms with Crippen LogP contribution in [0.1, 0.15) is 10.4 Å². The Hall–Kier alpha value is -2.06. The molecule has 0 unspecified atom stereocenters. The Kier molecular flexibility index (Phi) is 4.15. The number of rotatable bonds is 5. The van der Waals surface area contributed by atoms with E-state index >= 15 is 0 Å². The second-order valence-electron chi connectivity index (χ2n) is 3.67. The smallest absolute Gasteiger partial charge is 0.183 e. The lowest BCUT2D eigenvalue weighted by Gasteiger charge is -2.05. The van der Waals surface area contributed by atoms with Crippen molar-refractivity contribution in [3.8, 4) is 11.8 Å². The van der Waals surface area contributed by atoms with Gasteiger partial charge in [-0.1, -0.05) is 23.5 Å². The van der Waals surface area contributed by atoms with Gasteiger partial charge in [-0.15, -0.1) is 0 Å². The summed E-state index contributed by atoms with van der Waals surface area (Å²) >= 11 is 1.37. The Morgan fingerprint density at radius 3 is 3.11 bits per heavy atom. The average molecular weight is 259 g/mol. The first-order chi connectivity index (χ1) is 8.81. The predicted molar refractivity (Wildman–Crippen MR) is 72.0 cm³/mol. The van der Waals surface area contributed by atoms with Crippen LogP contribution in [0.3, 0.4) is 0 Å². The third kappa shape index (κ3) is 3.22. The second-order valence-corrected chi connectivity index (χ2v) is 4.70. The van der Waals surface area contributed by atoms with Crippen LogP contribution in [0.2, 0.25) is 0 Å². The highest BCUT2D eigenvalue weighted by atomic mass is 32.1. The van der Waals surface area contributed by atoms with Crippen LogP contribution in [-0.2, 0) is 6.42 Å². The van der Waals surface area contributed by atoms with Crippen molar-refractivity contribution in [1.29, 1.82) is 5.26 Å². The third-order valence-corrected chi connectivity index (χ3v) is 3.30. The topological polar surface area (TPSA) is 57.9 Å². The van der Waals surface area contributed by atoms with Crippen molar-refractivity contribution in [3.63, 3.8) is 0 Å². The van der Waals surface area contributed by atoms with Crippen molar-refractivity contribution in [2.45, 2.75) is 6.42 Å². The molecular weight excluding hydrogens is 246 g/mol. The molecule has 92 valence electrons. The highest BCUT2D eigenvalue weighted by Crippen LogP contribution is 2.17. The molecule has 0 amide bonds. The molecule has 2 rings (SSSR count). The fraction of sp³-hybridized carbons (Fsp3) is 0.231. The minimum atomic E-state index is 0.624. The molecule has 18 heavy (non-hydrogen) atoms. The van der Waals surface area contributed by atoms with Gasteiger partial charge in [-0.3, -0.25) is 0 Å². The van der Waals surface area contributed by atoms with Gasteiger partial charge in [0.25, 0.3) is 0 Å². The van der Waals surface area contributed by atoms with Crippen LogP contribution in [0.25, 0.3) is 0 Å². The molecule has 0 atom stereocenters. The molecule has 1 N–H and O–H groups in total. The number of methoxy groups -OCH3 is 1. The minimum Gasteiger partial charge on any atom is -0.497 e. The Morgan fingerprint density at radius 1 is 1.50 bits per heavy atom. The number of hydrogen-bond donors (Lipinski definition) is 1. The molecule has 4 nitrogen and oxygen atoms in total. The van der Waals surface area contributed by atoms with E-state index in [0.29, 0.717) is 4.88 Å². The lowest BCUT2D eigenvalue weighted by Crippen LogP contribution is -2.04.